The zero-order valence-electron chi connectivity index (χ0n) is 13.7. The number of nitrogens with zero attached hydrogens (tertiary/aromatic N) is 1. The van der Waals surface area contributed by atoms with E-state index < -0.39 is 0 Å². The van der Waals surface area contributed by atoms with Crippen molar-refractivity contribution >= 4 is 23.7 Å². The summed E-state index contributed by atoms with van der Waals surface area (Å²) < 4.78 is 0. The Morgan fingerprint density at radius 1 is 1.04 bits per heavy atom. The monoisotopic (exact) mass is 323 g/mol. The molecule has 0 aromatic heterocycles. The summed E-state index contributed by atoms with van der Waals surface area (Å²) in [5, 5.41) is 6.72. The van der Waals surface area contributed by atoms with Crippen LogP contribution in [0.15, 0.2) is 59.7 Å². The summed E-state index contributed by atoms with van der Waals surface area (Å²) in [5.41, 5.74) is 4.79. The van der Waals surface area contributed by atoms with Gasteiger partial charge >= 0.3 is 0 Å². The largest absolute Gasteiger partial charge is 0.326 e. The van der Waals surface area contributed by atoms with E-state index in [-0.39, 0.29) is 11.8 Å². The normalized spacial score (nSPS) is 10.5. The predicted molar refractivity (Wildman–Crippen MR) is 96.1 cm³/mol. The second-order valence-corrected chi connectivity index (χ2v) is 5.32. The van der Waals surface area contributed by atoms with E-state index in [2.05, 4.69) is 15.8 Å². The lowest BCUT2D eigenvalue weighted by molar-refractivity contribution is -0.116. The number of hydrazone groups is 1. The van der Waals surface area contributed by atoms with Gasteiger partial charge in [0, 0.05) is 30.3 Å². The third kappa shape index (κ3) is 5.68. The molecule has 2 aromatic rings. The summed E-state index contributed by atoms with van der Waals surface area (Å²) in [7, 11) is 0. The zero-order valence-corrected chi connectivity index (χ0v) is 13.7. The Morgan fingerprint density at radius 2 is 1.75 bits per heavy atom. The van der Waals surface area contributed by atoms with Crippen LogP contribution >= 0.6 is 0 Å². The average Bonchev–Trinajstić information content (AvgIpc) is 2.60. The average molecular weight is 323 g/mol. The van der Waals surface area contributed by atoms with Crippen molar-refractivity contribution in [3.05, 3.63) is 65.7 Å². The van der Waals surface area contributed by atoms with Crippen LogP contribution < -0.4 is 10.7 Å². The number of hydrogen-bond acceptors (Lipinski definition) is 3. The molecule has 24 heavy (non-hydrogen) atoms. The van der Waals surface area contributed by atoms with Crippen molar-refractivity contribution in [1.29, 1.82) is 0 Å². The third-order valence-corrected chi connectivity index (χ3v) is 3.34. The molecule has 2 rings (SSSR count). The Kier molecular flexibility index (Phi) is 6.71. The second kappa shape index (κ2) is 9.25. The van der Waals surface area contributed by atoms with Gasteiger partial charge in [-0.2, -0.15) is 5.10 Å². The highest BCUT2D eigenvalue weighted by Gasteiger charge is 2.05. The van der Waals surface area contributed by atoms with Crippen molar-refractivity contribution in [3.63, 3.8) is 0 Å². The van der Waals surface area contributed by atoms with Gasteiger partial charge in [0.1, 0.15) is 0 Å². The molecule has 2 amide bonds. The smallest absolute Gasteiger partial charge is 0.271 e. The summed E-state index contributed by atoms with van der Waals surface area (Å²) in [6.07, 6.45) is 3.60. The van der Waals surface area contributed by atoms with Crippen molar-refractivity contribution < 1.29 is 9.59 Å². The number of hydrogen-bond donors (Lipinski definition) is 2. The summed E-state index contributed by atoms with van der Waals surface area (Å²) in [4.78, 5) is 23.5. The molecule has 0 radical (unpaired) electrons. The van der Waals surface area contributed by atoms with Gasteiger partial charge in [0.25, 0.3) is 5.91 Å². The van der Waals surface area contributed by atoms with Crippen LogP contribution in [0.2, 0.25) is 0 Å². The van der Waals surface area contributed by atoms with Gasteiger partial charge in [-0.15, -0.1) is 0 Å². The van der Waals surface area contributed by atoms with E-state index in [1.54, 1.807) is 30.5 Å². The van der Waals surface area contributed by atoms with E-state index in [9.17, 15) is 9.59 Å². The third-order valence-electron chi connectivity index (χ3n) is 3.34. The minimum Gasteiger partial charge on any atom is -0.326 e. The van der Waals surface area contributed by atoms with E-state index >= 15 is 0 Å². The van der Waals surface area contributed by atoms with E-state index in [0.29, 0.717) is 24.1 Å². The number of nitrogens with one attached hydrogen (secondary N) is 2. The van der Waals surface area contributed by atoms with Crippen molar-refractivity contribution in [2.75, 3.05) is 5.32 Å². The molecule has 0 unspecified atom stereocenters. The van der Waals surface area contributed by atoms with Crippen LogP contribution in [0.5, 0.6) is 0 Å². The lowest BCUT2D eigenvalue weighted by atomic mass is 10.2. The van der Waals surface area contributed by atoms with Crippen molar-refractivity contribution in [1.82, 2.24) is 5.43 Å². The van der Waals surface area contributed by atoms with Crippen LogP contribution in [0.1, 0.15) is 35.7 Å². The SMILES string of the molecule is CCCC(=O)Nc1ccc(C(=O)N/N=C/Cc2ccccc2)cc1. The summed E-state index contributed by atoms with van der Waals surface area (Å²) in [6, 6.07) is 16.6. The van der Waals surface area contributed by atoms with Gasteiger partial charge in [-0.1, -0.05) is 37.3 Å². The van der Waals surface area contributed by atoms with Crippen LogP contribution in [-0.2, 0) is 11.2 Å². The number of amides is 2. The fourth-order valence-corrected chi connectivity index (χ4v) is 2.09. The molecule has 0 aliphatic carbocycles. The summed E-state index contributed by atoms with van der Waals surface area (Å²) in [6.45, 7) is 1.95. The molecule has 0 saturated heterocycles. The van der Waals surface area contributed by atoms with Gasteiger partial charge in [0.15, 0.2) is 0 Å². The first-order valence-corrected chi connectivity index (χ1v) is 7.94. The van der Waals surface area contributed by atoms with Crippen LogP contribution in [0, 0.1) is 0 Å². The number of carbonyl (C=O) groups is 2. The van der Waals surface area contributed by atoms with Gasteiger partial charge in [-0.05, 0) is 36.2 Å². The number of benzene rings is 2. The minimum absolute atomic E-state index is 0.0276. The molecule has 0 heterocycles. The number of anilines is 1. The highest BCUT2D eigenvalue weighted by molar-refractivity contribution is 5.95. The van der Waals surface area contributed by atoms with Crippen LogP contribution in [0.25, 0.3) is 0 Å². The molecule has 0 atom stereocenters. The molecule has 0 aliphatic heterocycles. The summed E-state index contributed by atoms with van der Waals surface area (Å²) in [5.74, 6) is -0.314. The first-order chi connectivity index (χ1) is 11.7. The van der Waals surface area contributed by atoms with Gasteiger partial charge in [0.05, 0.1) is 0 Å². The first-order valence-electron chi connectivity index (χ1n) is 7.94. The van der Waals surface area contributed by atoms with Crippen LogP contribution in [0.3, 0.4) is 0 Å². The zero-order chi connectivity index (χ0) is 17.2. The van der Waals surface area contributed by atoms with Crippen molar-refractivity contribution in [3.8, 4) is 0 Å². The highest BCUT2D eigenvalue weighted by atomic mass is 16.2. The summed E-state index contributed by atoms with van der Waals surface area (Å²) >= 11 is 0. The van der Waals surface area contributed by atoms with Gasteiger partial charge in [0.2, 0.25) is 5.91 Å². The Hall–Kier alpha value is -2.95. The molecule has 0 bridgehead atoms. The first kappa shape index (κ1) is 17.4. The molecule has 0 spiro atoms. The quantitative estimate of drug-likeness (QED) is 0.606. The van der Waals surface area contributed by atoms with Gasteiger partial charge < -0.3 is 5.32 Å². The maximum absolute atomic E-state index is 12.0. The maximum Gasteiger partial charge on any atom is 0.271 e. The molecule has 0 saturated carbocycles. The standard InChI is InChI=1S/C19H21N3O2/c1-2-6-18(23)21-17-11-9-16(10-12-17)19(24)22-20-14-13-15-7-4-3-5-8-15/h3-5,7-12,14H,2,6,13H2,1H3,(H,21,23)(H,22,24)/b20-14+. The van der Waals surface area contributed by atoms with Crippen molar-refractivity contribution in [2.45, 2.75) is 26.2 Å². The number of carbonyl (C=O) groups excluding carboxylic acids is 2. The lowest BCUT2D eigenvalue weighted by Crippen LogP contribution is -2.18. The molecular formula is C19H21N3O2. The van der Waals surface area contributed by atoms with Gasteiger partial charge in [-0.3, -0.25) is 9.59 Å². The second-order valence-electron chi connectivity index (χ2n) is 5.32. The topological polar surface area (TPSA) is 70.6 Å². The van der Waals surface area contributed by atoms with E-state index in [0.717, 1.165) is 12.0 Å². The van der Waals surface area contributed by atoms with E-state index in [1.807, 2.05) is 37.3 Å². The molecule has 2 aromatic carbocycles. The fraction of sp³-hybridized carbons (Fsp3) is 0.211. The molecule has 0 fully saturated rings. The predicted octanol–water partition coefficient (Wildman–Crippen LogP) is 3.38. The molecular weight excluding hydrogens is 302 g/mol. The molecule has 5 nitrogen and oxygen atoms in total. The highest BCUT2D eigenvalue weighted by Crippen LogP contribution is 2.10. The molecule has 124 valence electrons. The number of rotatable bonds is 7. The van der Waals surface area contributed by atoms with Crippen molar-refractivity contribution in [2.24, 2.45) is 5.10 Å². The maximum atomic E-state index is 12.0. The van der Waals surface area contributed by atoms with Crippen LogP contribution in [0.4, 0.5) is 5.69 Å². The van der Waals surface area contributed by atoms with Crippen LogP contribution in [-0.4, -0.2) is 18.0 Å². The lowest BCUT2D eigenvalue weighted by Gasteiger charge is -2.05. The van der Waals surface area contributed by atoms with E-state index in [1.165, 1.54) is 0 Å². The Labute approximate surface area is 141 Å². The Morgan fingerprint density at radius 3 is 2.42 bits per heavy atom. The van der Waals surface area contributed by atoms with E-state index in [4.69, 9.17) is 0 Å². The molecule has 5 heteroatoms. The molecule has 2 N–H and O–H groups in total. The van der Waals surface area contributed by atoms with Gasteiger partial charge in [-0.25, -0.2) is 5.43 Å². The Bertz CT molecular complexity index is 694. The molecule has 0 aliphatic rings. The minimum atomic E-state index is -0.286. The Balaban J connectivity index is 1.83. The fourth-order valence-electron chi connectivity index (χ4n) is 2.09.